The van der Waals surface area contributed by atoms with Crippen LogP contribution in [0, 0.1) is 6.92 Å². The van der Waals surface area contributed by atoms with E-state index >= 15 is 0 Å². The van der Waals surface area contributed by atoms with E-state index in [0.717, 1.165) is 18.7 Å². The van der Waals surface area contributed by atoms with Crippen molar-refractivity contribution in [3.05, 3.63) is 5.82 Å². The molecule has 1 aliphatic carbocycles. The highest BCUT2D eigenvalue weighted by Gasteiger charge is 2.19. The fourth-order valence-electron chi connectivity index (χ4n) is 1.74. The number of hydrogen-bond donors (Lipinski definition) is 1. The minimum atomic E-state index is -0.167. The molecule has 0 atom stereocenters. The summed E-state index contributed by atoms with van der Waals surface area (Å²) in [5.41, 5.74) is 0. The number of hydrogen-bond acceptors (Lipinski definition) is 5. The molecule has 1 aliphatic rings. The third-order valence-corrected chi connectivity index (χ3v) is 3.32. The Morgan fingerprint density at radius 3 is 2.94 bits per heavy atom. The van der Waals surface area contributed by atoms with Crippen molar-refractivity contribution in [1.29, 1.82) is 0 Å². The average Bonchev–Trinajstić information content (AvgIpc) is 2.87. The van der Waals surface area contributed by atoms with Crippen LogP contribution in [0.2, 0.25) is 0 Å². The van der Waals surface area contributed by atoms with E-state index in [1.165, 1.54) is 24.6 Å². The third-order valence-electron chi connectivity index (χ3n) is 2.50. The molecule has 1 N–H and O–H groups in total. The number of rotatable bonds is 4. The molecule has 0 unspecified atom stereocenters. The maximum absolute atomic E-state index is 11.5. The summed E-state index contributed by atoms with van der Waals surface area (Å²) >= 11 is 1.30. The fraction of sp³-hybridized carbons (Fsp3) is 0.700. The summed E-state index contributed by atoms with van der Waals surface area (Å²) in [6.45, 7) is 1.83. The number of ether oxygens (including phenoxy) is 1. The Morgan fingerprint density at radius 1 is 1.56 bits per heavy atom. The Labute approximate surface area is 98.4 Å². The van der Waals surface area contributed by atoms with Crippen LogP contribution in [0.5, 0.6) is 0 Å². The molecular weight excluding hydrogens is 226 g/mol. The summed E-state index contributed by atoms with van der Waals surface area (Å²) in [6, 6.07) is 0. The van der Waals surface area contributed by atoms with E-state index in [0.29, 0.717) is 5.16 Å². The van der Waals surface area contributed by atoms with E-state index in [9.17, 15) is 4.79 Å². The Morgan fingerprint density at radius 2 is 2.31 bits per heavy atom. The molecule has 0 saturated heterocycles. The number of aromatic nitrogens is 3. The van der Waals surface area contributed by atoms with Gasteiger partial charge in [0.15, 0.2) is 0 Å². The summed E-state index contributed by atoms with van der Waals surface area (Å²) in [5.74, 6) is 0.874. The average molecular weight is 241 g/mol. The first kappa shape index (κ1) is 11.4. The van der Waals surface area contributed by atoms with E-state index in [1.54, 1.807) is 0 Å². The van der Waals surface area contributed by atoms with Crippen LogP contribution in [0.1, 0.15) is 31.5 Å². The van der Waals surface area contributed by atoms with Gasteiger partial charge in [-0.1, -0.05) is 11.8 Å². The van der Waals surface area contributed by atoms with Crippen molar-refractivity contribution in [3.63, 3.8) is 0 Å². The molecule has 1 heterocycles. The van der Waals surface area contributed by atoms with Gasteiger partial charge in [0.05, 0.1) is 5.75 Å². The third kappa shape index (κ3) is 3.23. The van der Waals surface area contributed by atoms with Gasteiger partial charge < -0.3 is 4.74 Å². The molecule has 0 bridgehead atoms. The van der Waals surface area contributed by atoms with Crippen LogP contribution in [0.15, 0.2) is 5.16 Å². The normalized spacial score (nSPS) is 16.6. The summed E-state index contributed by atoms with van der Waals surface area (Å²) < 4.78 is 5.31. The lowest BCUT2D eigenvalue weighted by Crippen LogP contribution is -2.16. The van der Waals surface area contributed by atoms with Crippen molar-refractivity contribution >= 4 is 17.7 Å². The standard InChI is InChI=1S/C10H15N3O2S/c1-7-11-10(13-12-7)16-6-9(14)15-8-4-2-3-5-8/h8H,2-6H2,1H3,(H,11,12,13). The first-order valence-corrected chi connectivity index (χ1v) is 6.44. The molecule has 1 aromatic heterocycles. The van der Waals surface area contributed by atoms with E-state index in [1.807, 2.05) is 6.92 Å². The van der Waals surface area contributed by atoms with Gasteiger partial charge >= 0.3 is 5.97 Å². The van der Waals surface area contributed by atoms with E-state index in [4.69, 9.17) is 4.74 Å². The molecule has 0 aromatic carbocycles. The summed E-state index contributed by atoms with van der Waals surface area (Å²) in [7, 11) is 0. The van der Waals surface area contributed by atoms with Crippen LogP contribution >= 0.6 is 11.8 Å². The van der Waals surface area contributed by atoms with Crippen LogP contribution in [-0.4, -0.2) is 33.0 Å². The lowest BCUT2D eigenvalue weighted by Gasteiger charge is -2.09. The van der Waals surface area contributed by atoms with Gasteiger partial charge in [-0.3, -0.25) is 9.89 Å². The van der Waals surface area contributed by atoms with E-state index < -0.39 is 0 Å². The van der Waals surface area contributed by atoms with Gasteiger partial charge in [-0.2, -0.15) is 0 Å². The van der Waals surface area contributed by atoms with Crippen LogP contribution in [0.3, 0.4) is 0 Å². The fourth-order valence-corrected chi connectivity index (χ4v) is 2.36. The monoisotopic (exact) mass is 241 g/mol. The number of esters is 1. The Hall–Kier alpha value is -1.04. The van der Waals surface area contributed by atoms with Crippen molar-refractivity contribution in [2.45, 2.75) is 43.9 Å². The van der Waals surface area contributed by atoms with Crippen LogP contribution < -0.4 is 0 Å². The zero-order valence-corrected chi connectivity index (χ0v) is 10.0. The van der Waals surface area contributed by atoms with Gasteiger partial charge in [-0.25, -0.2) is 4.98 Å². The molecule has 6 heteroatoms. The van der Waals surface area contributed by atoms with E-state index in [2.05, 4.69) is 15.2 Å². The highest BCUT2D eigenvalue weighted by Crippen LogP contribution is 2.22. The van der Waals surface area contributed by atoms with Gasteiger partial charge in [-0.05, 0) is 32.6 Å². The molecule has 1 aromatic rings. The Bertz CT molecular complexity index is 361. The molecule has 16 heavy (non-hydrogen) atoms. The number of aromatic amines is 1. The Kier molecular flexibility index (Phi) is 3.82. The molecule has 0 spiro atoms. The molecule has 88 valence electrons. The highest BCUT2D eigenvalue weighted by atomic mass is 32.2. The smallest absolute Gasteiger partial charge is 0.316 e. The van der Waals surface area contributed by atoms with Crippen LogP contribution in [0.4, 0.5) is 0 Å². The highest BCUT2D eigenvalue weighted by molar-refractivity contribution is 7.99. The van der Waals surface area contributed by atoms with Gasteiger partial charge in [0, 0.05) is 0 Å². The van der Waals surface area contributed by atoms with Gasteiger partial charge in [0.25, 0.3) is 0 Å². The molecule has 1 saturated carbocycles. The molecule has 0 radical (unpaired) electrons. The van der Waals surface area contributed by atoms with E-state index in [-0.39, 0.29) is 17.8 Å². The number of carbonyl (C=O) groups is 1. The summed E-state index contributed by atoms with van der Waals surface area (Å²) in [5, 5.41) is 7.27. The number of H-pyrrole nitrogens is 1. The van der Waals surface area contributed by atoms with Gasteiger partial charge in [0.1, 0.15) is 11.9 Å². The molecule has 1 fully saturated rings. The predicted octanol–water partition coefficient (Wildman–Crippen LogP) is 1.69. The second kappa shape index (κ2) is 5.34. The van der Waals surface area contributed by atoms with Crippen molar-refractivity contribution in [2.24, 2.45) is 0 Å². The number of thioether (sulfide) groups is 1. The first-order chi connectivity index (χ1) is 7.74. The molecule has 0 aliphatic heterocycles. The topological polar surface area (TPSA) is 67.9 Å². The van der Waals surface area contributed by atoms with Gasteiger partial charge in [-0.15, -0.1) is 5.10 Å². The second-order valence-corrected chi connectivity index (χ2v) is 4.83. The molecular formula is C10H15N3O2S. The van der Waals surface area contributed by atoms with Crippen molar-refractivity contribution in [1.82, 2.24) is 15.2 Å². The SMILES string of the molecule is Cc1nc(SCC(=O)OC2CCCC2)n[nH]1. The molecule has 0 amide bonds. The number of nitrogens with zero attached hydrogens (tertiary/aromatic N) is 2. The number of carbonyl (C=O) groups excluding carboxylic acids is 1. The minimum Gasteiger partial charge on any atom is -0.462 e. The Balaban J connectivity index is 1.71. The van der Waals surface area contributed by atoms with Crippen molar-refractivity contribution < 1.29 is 9.53 Å². The van der Waals surface area contributed by atoms with Crippen LogP contribution in [0.25, 0.3) is 0 Å². The maximum Gasteiger partial charge on any atom is 0.316 e. The molecule has 5 nitrogen and oxygen atoms in total. The maximum atomic E-state index is 11.5. The summed E-state index contributed by atoms with van der Waals surface area (Å²) in [6.07, 6.45) is 4.50. The first-order valence-electron chi connectivity index (χ1n) is 5.45. The quantitative estimate of drug-likeness (QED) is 0.641. The summed E-state index contributed by atoms with van der Waals surface area (Å²) in [4.78, 5) is 15.6. The zero-order chi connectivity index (χ0) is 11.4. The van der Waals surface area contributed by atoms with Crippen molar-refractivity contribution in [2.75, 3.05) is 5.75 Å². The largest absolute Gasteiger partial charge is 0.462 e. The number of nitrogens with one attached hydrogen (secondary N) is 1. The lowest BCUT2D eigenvalue weighted by molar-refractivity contribution is -0.145. The lowest BCUT2D eigenvalue weighted by atomic mass is 10.3. The van der Waals surface area contributed by atoms with Crippen LogP contribution in [-0.2, 0) is 9.53 Å². The zero-order valence-electron chi connectivity index (χ0n) is 9.23. The van der Waals surface area contributed by atoms with Crippen molar-refractivity contribution in [3.8, 4) is 0 Å². The number of aryl methyl sites for hydroxylation is 1. The molecule has 2 rings (SSSR count). The van der Waals surface area contributed by atoms with Gasteiger partial charge in [0.2, 0.25) is 5.16 Å². The minimum absolute atomic E-state index is 0.141. The second-order valence-electron chi connectivity index (χ2n) is 3.89. The predicted molar refractivity (Wildman–Crippen MR) is 60.2 cm³/mol.